The summed E-state index contributed by atoms with van der Waals surface area (Å²) in [7, 11) is 1.30. The van der Waals surface area contributed by atoms with Crippen molar-refractivity contribution < 1.29 is 14.3 Å². The molecule has 1 aromatic heterocycles. The van der Waals surface area contributed by atoms with Crippen LogP contribution in [-0.2, 0) is 14.3 Å². The smallest absolute Gasteiger partial charge is 0.310 e. The first kappa shape index (κ1) is 11.8. The Kier molecular flexibility index (Phi) is 2.39. The SMILES string of the molecule is COC(=O)[C@H]1[C@H](C(N)=O)[C@@H]2C[C@H]1c1c2c[nH]c1C#N. The zero-order valence-electron chi connectivity index (χ0n) is 10.3. The highest BCUT2D eigenvalue weighted by molar-refractivity contribution is 5.88. The first-order chi connectivity index (χ1) is 9.10. The summed E-state index contributed by atoms with van der Waals surface area (Å²) in [6.07, 6.45) is 2.43. The molecule has 1 fully saturated rings. The summed E-state index contributed by atoms with van der Waals surface area (Å²) in [5, 5.41) is 9.09. The number of nitrogens with two attached hydrogens (primary N) is 1. The molecule has 0 aromatic carbocycles. The first-order valence-corrected chi connectivity index (χ1v) is 6.08. The molecule has 0 spiro atoms. The molecule has 4 atom stereocenters. The highest BCUT2D eigenvalue weighted by Crippen LogP contribution is 2.60. The number of esters is 1. The van der Waals surface area contributed by atoms with E-state index >= 15 is 0 Å². The lowest BCUT2D eigenvalue weighted by Crippen LogP contribution is -2.38. The number of carbonyl (C=O) groups is 2. The fourth-order valence-corrected chi connectivity index (χ4v) is 3.76. The lowest BCUT2D eigenvalue weighted by atomic mass is 9.76. The van der Waals surface area contributed by atoms with Gasteiger partial charge in [-0.05, 0) is 23.5 Å². The largest absolute Gasteiger partial charge is 0.469 e. The van der Waals surface area contributed by atoms with Crippen LogP contribution in [0.15, 0.2) is 6.20 Å². The monoisotopic (exact) mass is 259 g/mol. The minimum atomic E-state index is -0.567. The minimum Gasteiger partial charge on any atom is -0.469 e. The van der Waals surface area contributed by atoms with Crippen molar-refractivity contribution in [2.24, 2.45) is 17.6 Å². The van der Waals surface area contributed by atoms with E-state index in [1.165, 1.54) is 7.11 Å². The quantitative estimate of drug-likeness (QED) is 0.747. The molecule has 0 aliphatic heterocycles. The number of hydrogen-bond acceptors (Lipinski definition) is 4. The number of primary amides is 1. The fourth-order valence-electron chi connectivity index (χ4n) is 3.76. The van der Waals surface area contributed by atoms with Gasteiger partial charge in [-0.25, -0.2) is 0 Å². The summed E-state index contributed by atoms with van der Waals surface area (Å²) in [5.41, 5.74) is 7.72. The highest BCUT2D eigenvalue weighted by Gasteiger charge is 2.57. The average molecular weight is 259 g/mol. The average Bonchev–Trinajstić information content (AvgIpc) is 3.05. The molecular weight excluding hydrogens is 246 g/mol. The van der Waals surface area contributed by atoms with Gasteiger partial charge in [-0.3, -0.25) is 9.59 Å². The van der Waals surface area contributed by atoms with E-state index in [0.29, 0.717) is 12.1 Å². The number of aromatic nitrogens is 1. The molecule has 6 heteroatoms. The van der Waals surface area contributed by atoms with Crippen LogP contribution in [0.1, 0.15) is 35.1 Å². The molecule has 2 aliphatic carbocycles. The van der Waals surface area contributed by atoms with Crippen LogP contribution in [0.4, 0.5) is 0 Å². The number of hydrogen-bond donors (Lipinski definition) is 2. The van der Waals surface area contributed by atoms with Crippen molar-refractivity contribution in [3.05, 3.63) is 23.0 Å². The maximum Gasteiger partial charge on any atom is 0.310 e. The zero-order chi connectivity index (χ0) is 13.7. The Balaban J connectivity index is 2.12. The van der Waals surface area contributed by atoms with Gasteiger partial charge in [-0.2, -0.15) is 5.26 Å². The second kappa shape index (κ2) is 3.85. The number of rotatable bonds is 2. The van der Waals surface area contributed by atoms with Gasteiger partial charge in [-0.15, -0.1) is 0 Å². The zero-order valence-corrected chi connectivity index (χ0v) is 10.3. The van der Waals surface area contributed by atoms with Gasteiger partial charge < -0.3 is 15.5 Å². The van der Waals surface area contributed by atoms with Crippen LogP contribution in [0, 0.1) is 23.2 Å². The van der Waals surface area contributed by atoms with E-state index in [9.17, 15) is 9.59 Å². The van der Waals surface area contributed by atoms with E-state index in [1.54, 1.807) is 6.20 Å². The number of amides is 1. The number of ether oxygens (including phenoxy) is 1. The van der Waals surface area contributed by atoms with E-state index in [2.05, 4.69) is 11.1 Å². The third-order valence-electron chi connectivity index (χ3n) is 4.40. The van der Waals surface area contributed by atoms with Crippen LogP contribution in [0.3, 0.4) is 0 Å². The molecule has 1 aromatic rings. The molecule has 2 aliphatic rings. The van der Waals surface area contributed by atoms with Crippen LogP contribution >= 0.6 is 0 Å². The van der Waals surface area contributed by atoms with E-state index in [0.717, 1.165) is 11.1 Å². The lowest BCUT2D eigenvalue weighted by molar-refractivity contribution is -0.149. The second-order valence-corrected chi connectivity index (χ2v) is 5.07. The molecule has 1 saturated carbocycles. The Morgan fingerprint density at radius 2 is 2.21 bits per heavy atom. The Morgan fingerprint density at radius 3 is 2.79 bits per heavy atom. The van der Waals surface area contributed by atoms with Gasteiger partial charge in [0.05, 0.1) is 18.9 Å². The summed E-state index contributed by atoms with van der Waals surface area (Å²) in [6.45, 7) is 0. The molecule has 0 radical (unpaired) electrons. The van der Waals surface area contributed by atoms with Crippen molar-refractivity contribution in [3.8, 4) is 6.07 Å². The lowest BCUT2D eigenvalue weighted by Gasteiger charge is -2.27. The summed E-state index contributed by atoms with van der Waals surface area (Å²) < 4.78 is 4.79. The molecule has 19 heavy (non-hydrogen) atoms. The highest BCUT2D eigenvalue weighted by atomic mass is 16.5. The molecule has 1 amide bonds. The van der Waals surface area contributed by atoms with Gasteiger partial charge in [0.15, 0.2) is 0 Å². The fraction of sp³-hybridized carbons (Fsp3) is 0.462. The summed E-state index contributed by atoms with van der Waals surface area (Å²) in [5.74, 6) is -2.23. The van der Waals surface area contributed by atoms with Crippen molar-refractivity contribution in [1.82, 2.24) is 4.98 Å². The number of H-pyrrole nitrogens is 1. The normalized spacial score (nSPS) is 30.7. The van der Waals surface area contributed by atoms with Crippen LogP contribution in [0.5, 0.6) is 0 Å². The second-order valence-electron chi connectivity index (χ2n) is 5.07. The van der Waals surface area contributed by atoms with Gasteiger partial charge in [-0.1, -0.05) is 0 Å². The van der Waals surface area contributed by atoms with Gasteiger partial charge in [0.1, 0.15) is 11.8 Å². The van der Waals surface area contributed by atoms with Crippen molar-refractivity contribution in [3.63, 3.8) is 0 Å². The van der Waals surface area contributed by atoms with Crippen LogP contribution in [0.25, 0.3) is 0 Å². The van der Waals surface area contributed by atoms with Crippen LogP contribution in [-0.4, -0.2) is 24.0 Å². The Bertz CT molecular complexity index is 613. The summed E-state index contributed by atoms with van der Waals surface area (Å²) in [6, 6.07) is 2.09. The van der Waals surface area contributed by atoms with Gasteiger partial charge >= 0.3 is 5.97 Å². The molecule has 3 rings (SSSR count). The van der Waals surface area contributed by atoms with Crippen molar-refractivity contribution >= 4 is 11.9 Å². The molecule has 0 saturated heterocycles. The molecule has 0 unspecified atom stereocenters. The van der Waals surface area contributed by atoms with E-state index in [4.69, 9.17) is 15.7 Å². The summed E-state index contributed by atoms with van der Waals surface area (Å²) >= 11 is 0. The summed E-state index contributed by atoms with van der Waals surface area (Å²) in [4.78, 5) is 26.5. The standard InChI is InChI=1S/C13H13N3O3/c1-19-13(18)11-6-2-5(10(11)12(15)17)7-4-16-8(3-14)9(6)7/h4-6,10-11,16H,2H2,1H3,(H2,15,17)/t5-,6+,10-,11-/m1/s1. The Morgan fingerprint density at radius 1 is 1.47 bits per heavy atom. The maximum atomic E-state index is 11.9. The van der Waals surface area contributed by atoms with E-state index < -0.39 is 23.7 Å². The predicted molar refractivity (Wildman–Crippen MR) is 63.8 cm³/mol. The number of nitriles is 1. The van der Waals surface area contributed by atoms with Crippen molar-refractivity contribution in [1.29, 1.82) is 5.26 Å². The number of nitrogens with one attached hydrogen (secondary N) is 1. The third kappa shape index (κ3) is 1.35. The number of nitrogens with zero attached hydrogens (tertiary/aromatic N) is 1. The van der Waals surface area contributed by atoms with E-state index in [1.807, 2.05) is 0 Å². The third-order valence-corrected chi connectivity index (χ3v) is 4.40. The molecule has 2 bridgehead atoms. The predicted octanol–water partition coefficient (Wildman–Crippen LogP) is 0.362. The van der Waals surface area contributed by atoms with Crippen LogP contribution in [0.2, 0.25) is 0 Å². The van der Waals surface area contributed by atoms with Gasteiger partial charge in [0, 0.05) is 12.1 Å². The van der Waals surface area contributed by atoms with Gasteiger partial charge in [0.25, 0.3) is 0 Å². The molecule has 3 N–H and O–H groups in total. The molecule has 1 heterocycles. The number of aromatic amines is 1. The van der Waals surface area contributed by atoms with Crippen molar-refractivity contribution in [2.45, 2.75) is 18.3 Å². The number of carbonyl (C=O) groups excluding carboxylic acids is 2. The van der Waals surface area contributed by atoms with Crippen LogP contribution < -0.4 is 5.73 Å². The minimum absolute atomic E-state index is 0.0834. The number of methoxy groups -OCH3 is 1. The molecule has 98 valence electrons. The maximum absolute atomic E-state index is 11.9. The molecule has 6 nitrogen and oxygen atoms in total. The van der Waals surface area contributed by atoms with Gasteiger partial charge in [0.2, 0.25) is 5.91 Å². The topological polar surface area (TPSA) is 109 Å². The van der Waals surface area contributed by atoms with Crippen molar-refractivity contribution in [2.75, 3.05) is 7.11 Å². The van der Waals surface area contributed by atoms with E-state index in [-0.39, 0.29) is 11.8 Å². The molecular formula is C13H13N3O3. The Labute approximate surface area is 109 Å². The number of fused-ring (bicyclic) bond motifs is 5. The Hall–Kier alpha value is -2.29. The first-order valence-electron chi connectivity index (χ1n) is 6.08.